The fraction of sp³-hybridized carbons (Fsp3) is 0.235. The second kappa shape index (κ2) is 6.19. The lowest BCUT2D eigenvalue weighted by atomic mass is 10.0. The highest BCUT2D eigenvalue weighted by Crippen LogP contribution is 2.34. The normalized spacial score (nSPS) is 16.2. The minimum atomic E-state index is 0.0696. The Kier molecular flexibility index (Phi) is 3.92. The van der Waals surface area contributed by atoms with Crippen molar-refractivity contribution in [2.75, 3.05) is 18.5 Å². The van der Waals surface area contributed by atoms with Crippen LogP contribution in [0, 0.1) is 11.3 Å². The summed E-state index contributed by atoms with van der Waals surface area (Å²) in [5, 5.41) is 12.0. The van der Waals surface area contributed by atoms with Gasteiger partial charge in [0.05, 0.1) is 12.6 Å². The van der Waals surface area contributed by atoms with E-state index in [-0.39, 0.29) is 12.6 Å². The van der Waals surface area contributed by atoms with E-state index in [1.165, 1.54) is 5.56 Å². The zero-order valence-electron chi connectivity index (χ0n) is 11.6. The van der Waals surface area contributed by atoms with Gasteiger partial charge in [-0.2, -0.15) is 5.26 Å². The number of rotatable bonds is 4. The molecule has 0 spiro atoms. The zero-order chi connectivity index (χ0) is 14.5. The van der Waals surface area contributed by atoms with Crippen molar-refractivity contribution in [1.82, 2.24) is 0 Å². The topological polar surface area (TPSA) is 54.3 Å². The molecule has 0 radical (unpaired) electrons. The van der Waals surface area contributed by atoms with E-state index in [1.54, 1.807) is 0 Å². The number of hydrogen-bond acceptors (Lipinski definition) is 4. The highest BCUT2D eigenvalue weighted by atomic mass is 16.5. The molecule has 3 rings (SSSR count). The Balaban J connectivity index is 1.71. The zero-order valence-corrected chi connectivity index (χ0v) is 11.6. The lowest BCUT2D eigenvalue weighted by molar-refractivity contribution is 0.274. The van der Waals surface area contributed by atoms with E-state index in [4.69, 9.17) is 14.7 Å². The Morgan fingerprint density at radius 1 is 1.19 bits per heavy atom. The van der Waals surface area contributed by atoms with Crippen LogP contribution >= 0.6 is 0 Å². The molecule has 4 heteroatoms. The third-order valence-corrected chi connectivity index (χ3v) is 3.46. The van der Waals surface area contributed by atoms with Gasteiger partial charge in [-0.25, -0.2) is 0 Å². The second-order valence-corrected chi connectivity index (χ2v) is 4.84. The first-order chi connectivity index (χ1) is 10.4. The first-order valence-corrected chi connectivity index (χ1v) is 6.95. The molecule has 2 aromatic carbocycles. The maximum absolute atomic E-state index is 8.49. The molecule has 1 heterocycles. The number of para-hydroxylation sites is 1. The Labute approximate surface area is 123 Å². The third-order valence-electron chi connectivity index (χ3n) is 3.46. The number of fused-ring (bicyclic) bond motifs is 1. The molecule has 0 amide bonds. The molecule has 1 aliphatic heterocycles. The SMILES string of the molecule is N#CCOc1ccc(NC2CCOc3ccccc32)cc1. The number of anilines is 1. The van der Waals surface area contributed by atoms with Crippen molar-refractivity contribution >= 4 is 5.69 Å². The summed E-state index contributed by atoms with van der Waals surface area (Å²) >= 11 is 0. The van der Waals surface area contributed by atoms with Crippen molar-refractivity contribution in [3.63, 3.8) is 0 Å². The summed E-state index contributed by atoms with van der Waals surface area (Å²) in [7, 11) is 0. The summed E-state index contributed by atoms with van der Waals surface area (Å²) < 4.78 is 10.9. The van der Waals surface area contributed by atoms with Crippen molar-refractivity contribution in [2.24, 2.45) is 0 Å². The van der Waals surface area contributed by atoms with Gasteiger partial charge in [0, 0.05) is 17.7 Å². The van der Waals surface area contributed by atoms with Crippen molar-refractivity contribution in [1.29, 1.82) is 5.26 Å². The maximum Gasteiger partial charge on any atom is 0.174 e. The molecule has 0 fully saturated rings. The first kappa shape index (κ1) is 13.3. The molecule has 4 nitrogen and oxygen atoms in total. The largest absolute Gasteiger partial charge is 0.493 e. The molecule has 0 aromatic heterocycles. The van der Waals surface area contributed by atoms with Gasteiger partial charge < -0.3 is 14.8 Å². The highest BCUT2D eigenvalue weighted by molar-refractivity contribution is 5.50. The average molecular weight is 280 g/mol. The van der Waals surface area contributed by atoms with E-state index in [9.17, 15) is 0 Å². The average Bonchev–Trinajstić information content (AvgIpc) is 2.55. The molecule has 0 bridgehead atoms. The minimum absolute atomic E-state index is 0.0696. The number of hydrogen-bond donors (Lipinski definition) is 1. The summed E-state index contributed by atoms with van der Waals surface area (Å²) in [4.78, 5) is 0. The summed E-state index contributed by atoms with van der Waals surface area (Å²) in [5.41, 5.74) is 2.22. The van der Waals surface area contributed by atoms with Crippen LogP contribution in [-0.4, -0.2) is 13.2 Å². The Morgan fingerprint density at radius 2 is 2.00 bits per heavy atom. The molecule has 21 heavy (non-hydrogen) atoms. The Morgan fingerprint density at radius 3 is 2.81 bits per heavy atom. The van der Waals surface area contributed by atoms with Gasteiger partial charge in [-0.15, -0.1) is 0 Å². The minimum Gasteiger partial charge on any atom is -0.493 e. The molecule has 2 aromatic rings. The van der Waals surface area contributed by atoms with Crippen molar-refractivity contribution in [3.05, 3.63) is 54.1 Å². The maximum atomic E-state index is 8.49. The van der Waals surface area contributed by atoms with Gasteiger partial charge in [0.1, 0.15) is 17.6 Å². The van der Waals surface area contributed by atoms with Crippen LogP contribution in [0.2, 0.25) is 0 Å². The monoisotopic (exact) mass is 280 g/mol. The third kappa shape index (κ3) is 3.09. The van der Waals surface area contributed by atoms with Crippen molar-refractivity contribution < 1.29 is 9.47 Å². The summed E-state index contributed by atoms with van der Waals surface area (Å²) in [6.45, 7) is 0.790. The van der Waals surface area contributed by atoms with Gasteiger partial charge in [0.15, 0.2) is 6.61 Å². The highest BCUT2D eigenvalue weighted by Gasteiger charge is 2.20. The summed E-state index contributed by atoms with van der Waals surface area (Å²) in [5.74, 6) is 1.66. The fourth-order valence-corrected chi connectivity index (χ4v) is 2.46. The van der Waals surface area contributed by atoms with E-state index in [2.05, 4.69) is 11.4 Å². The van der Waals surface area contributed by atoms with E-state index in [0.29, 0.717) is 5.75 Å². The van der Waals surface area contributed by atoms with Crippen LogP contribution in [0.1, 0.15) is 18.0 Å². The van der Waals surface area contributed by atoms with Gasteiger partial charge in [-0.1, -0.05) is 18.2 Å². The van der Waals surface area contributed by atoms with E-state index < -0.39 is 0 Å². The van der Waals surface area contributed by atoms with Gasteiger partial charge in [-0.05, 0) is 30.3 Å². The molecule has 1 unspecified atom stereocenters. The number of ether oxygens (including phenoxy) is 2. The molecular weight excluding hydrogens is 264 g/mol. The quantitative estimate of drug-likeness (QED) is 0.931. The number of benzene rings is 2. The van der Waals surface area contributed by atoms with Gasteiger partial charge in [0.25, 0.3) is 0 Å². The summed E-state index contributed by atoms with van der Waals surface area (Å²) in [6, 6.07) is 18.0. The molecule has 0 saturated carbocycles. The lowest BCUT2D eigenvalue weighted by Crippen LogP contribution is -2.20. The van der Waals surface area contributed by atoms with Crippen LogP contribution in [0.25, 0.3) is 0 Å². The van der Waals surface area contributed by atoms with E-state index >= 15 is 0 Å². The van der Waals surface area contributed by atoms with Gasteiger partial charge in [0.2, 0.25) is 0 Å². The van der Waals surface area contributed by atoms with Crippen LogP contribution < -0.4 is 14.8 Å². The molecule has 106 valence electrons. The molecule has 1 aliphatic rings. The lowest BCUT2D eigenvalue weighted by Gasteiger charge is -2.27. The first-order valence-electron chi connectivity index (χ1n) is 6.95. The van der Waals surface area contributed by atoms with Gasteiger partial charge >= 0.3 is 0 Å². The standard InChI is InChI=1S/C17H16N2O2/c18-10-12-20-14-7-5-13(6-8-14)19-16-9-11-21-17-4-2-1-3-15(16)17/h1-8,16,19H,9,11-12H2. The predicted molar refractivity (Wildman–Crippen MR) is 80.5 cm³/mol. The van der Waals surface area contributed by atoms with Gasteiger partial charge in [-0.3, -0.25) is 0 Å². The molecular formula is C17H16N2O2. The molecule has 1 N–H and O–H groups in total. The van der Waals surface area contributed by atoms with Crippen LogP contribution in [-0.2, 0) is 0 Å². The fourth-order valence-electron chi connectivity index (χ4n) is 2.46. The second-order valence-electron chi connectivity index (χ2n) is 4.84. The van der Waals surface area contributed by atoms with Crippen LogP contribution in [0.5, 0.6) is 11.5 Å². The molecule has 1 atom stereocenters. The van der Waals surface area contributed by atoms with Crippen LogP contribution in [0.15, 0.2) is 48.5 Å². The Hall–Kier alpha value is -2.67. The molecule has 0 saturated heterocycles. The Bertz CT molecular complexity index is 647. The van der Waals surface area contributed by atoms with Crippen LogP contribution in [0.3, 0.4) is 0 Å². The van der Waals surface area contributed by atoms with Crippen LogP contribution in [0.4, 0.5) is 5.69 Å². The van der Waals surface area contributed by atoms with Crippen molar-refractivity contribution in [2.45, 2.75) is 12.5 Å². The smallest absolute Gasteiger partial charge is 0.174 e. The molecule has 0 aliphatic carbocycles. The van der Waals surface area contributed by atoms with E-state index in [0.717, 1.165) is 24.5 Å². The van der Waals surface area contributed by atoms with Crippen molar-refractivity contribution in [3.8, 4) is 17.6 Å². The van der Waals surface area contributed by atoms with E-state index in [1.807, 2.05) is 48.5 Å². The number of nitriles is 1. The number of nitrogens with one attached hydrogen (secondary N) is 1. The number of nitrogens with zero attached hydrogens (tertiary/aromatic N) is 1. The predicted octanol–water partition coefficient (Wildman–Crippen LogP) is 3.52. The summed E-state index contributed by atoms with van der Waals surface area (Å²) in [6.07, 6.45) is 0.934.